The van der Waals surface area contributed by atoms with E-state index in [1.54, 1.807) is 6.20 Å². The topological polar surface area (TPSA) is 91.4 Å². The van der Waals surface area contributed by atoms with Crippen LogP contribution in [0.25, 0.3) is 0 Å². The smallest absolute Gasteiger partial charge is 0.244 e. The molecule has 1 amide bonds. The number of thioether (sulfide) groups is 1. The molecule has 0 aliphatic carbocycles. The van der Waals surface area contributed by atoms with Crippen LogP contribution >= 0.6 is 11.8 Å². The Hall–Kier alpha value is -2.17. The van der Waals surface area contributed by atoms with Crippen molar-refractivity contribution in [3.05, 3.63) is 54.0 Å². The van der Waals surface area contributed by atoms with Gasteiger partial charge in [0.05, 0.1) is 0 Å². The van der Waals surface area contributed by atoms with Gasteiger partial charge in [-0.25, -0.2) is 17.8 Å². The van der Waals surface area contributed by atoms with E-state index in [2.05, 4.69) is 19.9 Å². The van der Waals surface area contributed by atoms with Crippen LogP contribution < -0.4 is 14.9 Å². The van der Waals surface area contributed by atoms with Crippen molar-refractivity contribution in [1.82, 2.24) is 15.0 Å². The van der Waals surface area contributed by atoms with Crippen LogP contribution in [-0.2, 0) is 21.4 Å². The molecule has 1 unspecified atom stereocenters. The van der Waals surface area contributed by atoms with Crippen molar-refractivity contribution in [2.45, 2.75) is 36.7 Å². The standard InChI is InChI=1S/C21H27FN4O3S2/c1-30-13-10-18(25-31(28,29)19-7-3-2-6-17(19)22)21(27)24-15-16-8-9-20(23-14-16)26-11-4-5-12-26/h2-3,6-9,14,18,25H,4-5,10-13,15H2,1H3,(H,24,27). The van der Waals surface area contributed by atoms with Gasteiger partial charge in [0.1, 0.15) is 22.6 Å². The first-order chi connectivity index (χ1) is 14.9. The average Bonchev–Trinajstić information content (AvgIpc) is 3.30. The van der Waals surface area contributed by atoms with Gasteiger partial charge >= 0.3 is 0 Å². The minimum atomic E-state index is -4.18. The molecule has 7 nitrogen and oxygen atoms in total. The van der Waals surface area contributed by atoms with Gasteiger partial charge in [-0.15, -0.1) is 0 Å². The maximum absolute atomic E-state index is 14.0. The molecule has 1 fully saturated rings. The number of halogens is 1. The number of amides is 1. The first-order valence-corrected chi connectivity index (χ1v) is 13.0. The molecule has 0 radical (unpaired) electrons. The molecule has 1 atom stereocenters. The molecular weight excluding hydrogens is 439 g/mol. The van der Waals surface area contributed by atoms with Gasteiger partial charge in [0.25, 0.3) is 0 Å². The number of carbonyl (C=O) groups excluding carboxylic acids is 1. The molecule has 2 aromatic rings. The number of benzene rings is 1. The predicted octanol–water partition coefficient (Wildman–Crippen LogP) is 2.54. The molecule has 1 aliphatic rings. The molecule has 3 rings (SSSR count). The Labute approximate surface area is 186 Å². The summed E-state index contributed by atoms with van der Waals surface area (Å²) in [5, 5.41) is 2.76. The summed E-state index contributed by atoms with van der Waals surface area (Å²) in [6.07, 6.45) is 6.20. The van der Waals surface area contributed by atoms with Crippen molar-refractivity contribution in [1.29, 1.82) is 0 Å². The maximum Gasteiger partial charge on any atom is 0.244 e. The lowest BCUT2D eigenvalue weighted by Gasteiger charge is -2.19. The molecule has 2 heterocycles. The van der Waals surface area contributed by atoms with Crippen LogP contribution in [0.4, 0.5) is 10.2 Å². The second kappa shape index (κ2) is 10.9. The van der Waals surface area contributed by atoms with Crippen molar-refractivity contribution in [3.8, 4) is 0 Å². The highest BCUT2D eigenvalue weighted by Gasteiger charge is 2.27. The summed E-state index contributed by atoms with van der Waals surface area (Å²) in [6.45, 7) is 2.23. The molecule has 2 N–H and O–H groups in total. The van der Waals surface area contributed by atoms with Crippen LogP contribution in [0.2, 0.25) is 0 Å². The summed E-state index contributed by atoms with van der Waals surface area (Å²) in [7, 11) is -4.18. The summed E-state index contributed by atoms with van der Waals surface area (Å²) < 4.78 is 41.6. The van der Waals surface area contributed by atoms with Crippen LogP contribution in [-0.4, -0.2) is 50.4 Å². The summed E-state index contributed by atoms with van der Waals surface area (Å²) >= 11 is 1.50. The third-order valence-electron chi connectivity index (χ3n) is 5.06. The Bertz CT molecular complexity index is 980. The summed E-state index contributed by atoms with van der Waals surface area (Å²) in [5.74, 6) is 0.174. The Balaban J connectivity index is 1.63. The third-order valence-corrected chi connectivity index (χ3v) is 7.21. The summed E-state index contributed by atoms with van der Waals surface area (Å²) in [5.41, 5.74) is 0.817. The van der Waals surface area contributed by atoms with E-state index in [9.17, 15) is 17.6 Å². The lowest BCUT2D eigenvalue weighted by molar-refractivity contribution is -0.122. The predicted molar refractivity (Wildman–Crippen MR) is 121 cm³/mol. The molecule has 1 saturated heterocycles. The zero-order valence-corrected chi connectivity index (χ0v) is 19.0. The van der Waals surface area contributed by atoms with Gasteiger partial charge < -0.3 is 10.2 Å². The molecule has 168 valence electrons. The number of rotatable bonds is 10. The molecular formula is C21H27FN4O3S2. The van der Waals surface area contributed by atoms with Crippen molar-refractivity contribution in [2.24, 2.45) is 0 Å². The van der Waals surface area contributed by atoms with Gasteiger partial charge in [-0.05, 0) is 55.0 Å². The van der Waals surface area contributed by atoms with Gasteiger partial charge in [-0.3, -0.25) is 4.79 Å². The largest absolute Gasteiger partial charge is 0.357 e. The highest BCUT2D eigenvalue weighted by Crippen LogP contribution is 2.18. The highest BCUT2D eigenvalue weighted by molar-refractivity contribution is 7.98. The second-order valence-electron chi connectivity index (χ2n) is 7.32. The molecule has 31 heavy (non-hydrogen) atoms. The first-order valence-electron chi connectivity index (χ1n) is 10.1. The van der Waals surface area contributed by atoms with Gasteiger partial charge in [-0.2, -0.15) is 16.5 Å². The molecule has 0 spiro atoms. The van der Waals surface area contributed by atoms with Gasteiger partial charge in [0.15, 0.2) is 0 Å². The van der Waals surface area contributed by atoms with Gasteiger partial charge in [0, 0.05) is 25.8 Å². The van der Waals surface area contributed by atoms with Gasteiger partial charge in [-0.1, -0.05) is 18.2 Å². The van der Waals surface area contributed by atoms with E-state index in [4.69, 9.17) is 0 Å². The summed E-state index contributed by atoms with van der Waals surface area (Å²) in [6, 6.07) is 7.93. The number of hydrogen-bond donors (Lipinski definition) is 2. The first kappa shape index (κ1) is 23.5. The fourth-order valence-electron chi connectivity index (χ4n) is 3.36. The van der Waals surface area contributed by atoms with E-state index < -0.39 is 32.7 Å². The Morgan fingerprint density at radius 1 is 1.23 bits per heavy atom. The zero-order valence-electron chi connectivity index (χ0n) is 17.4. The highest BCUT2D eigenvalue weighted by atomic mass is 32.2. The van der Waals surface area contributed by atoms with Crippen LogP contribution in [0.5, 0.6) is 0 Å². The quantitative estimate of drug-likeness (QED) is 0.559. The number of sulfonamides is 1. The van der Waals surface area contributed by atoms with Crippen molar-refractivity contribution >= 4 is 33.5 Å². The lowest BCUT2D eigenvalue weighted by Crippen LogP contribution is -2.46. The average molecular weight is 467 g/mol. The third kappa shape index (κ3) is 6.41. The van der Waals surface area contributed by atoms with E-state index in [-0.39, 0.29) is 13.0 Å². The van der Waals surface area contributed by atoms with Crippen molar-refractivity contribution in [2.75, 3.05) is 30.0 Å². The SMILES string of the molecule is CSCCC(NS(=O)(=O)c1ccccc1F)C(=O)NCc1ccc(N2CCCC2)nc1. The maximum atomic E-state index is 14.0. The fraction of sp³-hybridized carbons (Fsp3) is 0.429. The summed E-state index contributed by atoms with van der Waals surface area (Å²) in [4.78, 5) is 18.9. The zero-order chi connectivity index (χ0) is 22.3. The number of hydrogen-bond acceptors (Lipinski definition) is 6. The van der Waals surface area contributed by atoms with Crippen LogP contribution in [0, 0.1) is 5.82 Å². The normalized spacial score (nSPS) is 15.1. The Morgan fingerprint density at radius 3 is 2.61 bits per heavy atom. The molecule has 1 aromatic heterocycles. The number of nitrogens with one attached hydrogen (secondary N) is 2. The minimum absolute atomic E-state index is 0.226. The van der Waals surface area contributed by atoms with Gasteiger partial charge in [0.2, 0.25) is 15.9 Å². The Morgan fingerprint density at radius 2 is 1.97 bits per heavy atom. The number of pyridine rings is 1. The molecule has 1 aliphatic heterocycles. The second-order valence-corrected chi connectivity index (χ2v) is 9.99. The minimum Gasteiger partial charge on any atom is -0.357 e. The molecule has 1 aromatic carbocycles. The Kier molecular flexibility index (Phi) is 8.28. The van der Waals surface area contributed by atoms with E-state index >= 15 is 0 Å². The van der Waals surface area contributed by atoms with Crippen molar-refractivity contribution < 1.29 is 17.6 Å². The van der Waals surface area contributed by atoms with Crippen LogP contribution in [0.15, 0.2) is 47.5 Å². The fourth-order valence-corrected chi connectivity index (χ4v) is 5.14. The van der Waals surface area contributed by atoms with Crippen LogP contribution in [0.1, 0.15) is 24.8 Å². The number of nitrogens with zero attached hydrogens (tertiary/aromatic N) is 2. The number of anilines is 1. The number of carbonyl (C=O) groups is 1. The lowest BCUT2D eigenvalue weighted by atomic mass is 10.2. The molecule has 0 bridgehead atoms. The number of aromatic nitrogens is 1. The van der Waals surface area contributed by atoms with E-state index in [0.29, 0.717) is 5.75 Å². The van der Waals surface area contributed by atoms with E-state index in [1.165, 1.54) is 42.8 Å². The molecule has 0 saturated carbocycles. The van der Waals surface area contributed by atoms with Crippen molar-refractivity contribution in [3.63, 3.8) is 0 Å². The van der Waals surface area contributed by atoms with E-state index in [0.717, 1.165) is 30.5 Å². The van der Waals surface area contributed by atoms with Crippen LogP contribution in [0.3, 0.4) is 0 Å². The van der Waals surface area contributed by atoms with E-state index in [1.807, 2.05) is 18.4 Å². The molecule has 10 heteroatoms. The monoisotopic (exact) mass is 466 g/mol.